The molecule has 2 heteroatoms. The lowest BCUT2D eigenvalue weighted by atomic mass is 9.79. The Bertz CT molecular complexity index is 578. The van der Waals surface area contributed by atoms with Crippen molar-refractivity contribution < 1.29 is 4.39 Å². The van der Waals surface area contributed by atoms with Crippen LogP contribution in [-0.2, 0) is 6.54 Å². The van der Waals surface area contributed by atoms with Crippen molar-refractivity contribution in [3.8, 4) is 0 Å². The molecule has 0 aliphatic carbocycles. The van der Waals surface area contributed by atoms with Crippen molar-refractivity contribution in [3.63, 3.8) is 0 Å². The molecular weight excluding hydrogens is 273 g/mol. The van der Waals surface area contributed by atoms with Crippen LogP contribution < -0.4 is 0 Å². The molecule has 1 nitrogen and oxygen atoms in total. The van der Waals surface area contributed by atoms with Crippen LogP contribution in [0.15, 0.2) is 54.6 Å². The van der Waals surface area contributed by atoms with Gasteiger partial charge in [0.1, 0.15) is 5.82 Å². The third kappa shape index (κ3) is 3.56. The van der Waals surface area contributed by atoms with Crippen molar-refractivity contribution in [2.45, 2.75) is 32.2 Å². The summed E-state index contributed by atoms with van der Waals surface area (Å²) < 4.78 is 13.1. The highest BCUT2D eigenvalue weighted by Gasteiger charge is 2.29. The molecule has 0 spiro atoms. The zero-order valence-corrected chi connectivity index (χ0v) is 13.2. The Labute approximate surface area is 132 Å². The number of rotatable bonds is 4. The molecule has 0 aromatic heterocycles. The van der Waals surface area contributed by atoms with E-state index in [1.807, 2.05) is 12.1 Å². The highest BCUT2D eigenvalue weighted by molar-refractivity contribution is 5.22. The molecule has 3 rings (SSSR count). The van der Waals surface area contributed by atoms with Crippen molar-refractivity contribution in [2.75, 3.05) is 13.1 Å². The maximum atomic E-state index is 13.1. The molecule has 0 N–H and O–H groups in total. The molecule has 1 aliphatic rings. The topological polar surface area (TPSA) is 3.24 Å². The van der Waals surface area contributed by atoms with E-state index >= 15 is 0 Å². The number of hydrogen-bond acceptors (Lipinski definition) is 1. The highest BCUT2D eigenvalue weighted by Crippen LogP contribution is 2.35. The van der Waals surface area contributed by atoms with Crippen molar-refractivity contribution in [2.24, 2.45) is 5.92 Å². The number of nitrogens with zero attached hydrogens (tertiary/aromatic N) is 1. The first-order valence-corrected chi connectivity index (χ1v) is 8.28. The fourth-order valence-corrected chi connectivity index (χ4v) is 3.66. The third-order valence-corrected chi connectivity index (χ3v) is 4.89. The minimum absolute atomic E-state index is 0.140. The highest BCUT2D eigenvalue weighted by atomic mass is 19.1. The average Bonchev–Trinajstić information content (AvgIpc) is 2.56. The van der Waals surface area contributed by atoms with E-state index in [0.717, 1.165) is 26.1 Å². The number of halogens is 1. The molecular formula is C20H24FN. The SMILES string of the molecule is CCC1CN(Cc2ccccc2)CCC1c1ccc(F)cc1. The Balaban J connectivity index is 1.67. The summed E-state index contributed by atoms with van der Waals surface area (Å²) in [7, 11) is 0. The molecule has 1 saturated heterocycles. The first kappa shape index (κ1) is 15.2. The van der Waals surface area contributed by atoms with E-state index in [4.69, 9.17) is 0 Å². The van der Waals surface area contributed by atoms with Gasteiger partial charge < -0.3 is 0 Å². The van der Waals surface area contributed by atoms with Gasteiger partial charge in [-0.15, -0.1) is 0 Å². The molecule has 0 radical (unpaired) electrons. The maximum Gasteiger partial charge on any atom is 0.123 e. The second-order valence-electron chi connectivity index (χ2n) is 6.34. The van der Waals surface area contributed by atoms with Gasteiger partial charge in [0.15, 0.2) is 0 Å². The molecule has 1 aliphatic heterocycles. The van der Waals surface area contributed by atoms with Gasteiger partial charge in [0.2, 0.25) is 0 Å². The van der Waals surface area contributed by atoms with Gasteiger partial charge in [0.25, 0.3) is 0 Å². The zero-order chi connectivity index (χ0) is 15.4. The van der Waals surface area contributed by atoms with Crippen LogP contribution in [-0.4, -0.2) is 18.0 Å². The monoisotopic (exact) mass is 297 g/mol. The summed E-state index contributed by atoms with van der Waals surface area (Å²) in [4.78, 5) is 2.56. The summed E-state index contributed by atoms with van der Waals surface area (Å²) >= 11 is 0. The van der Waals surface area contributed by atoms with E-state index in [0.29, 0.717) is 11.8 Å². The summed E-state index contributed by atoms with van der Waals surface area (Å²) in [6.45, 7) is 5.56. The van der Waals surface area contributed by atoms with Gasteiger partial charge >= 0.3 is 0 Å². The van der Waals surface area contributed by atoms with Crippen molar-refractivity contribution in [3.05, 3.63) is 71.5 Å². The maximum absolute atomic E-state index is 13.1. The van der Waals surface area contributed by atoms with Crippen LogP contribution in [0.1, 0.15) is 36.8 Å². The first-order chi connectivity index (χ1) is 10.8. The fraction of sp³-hybridized carbons (Fsp3) is 0.400. The van der Waals surface area contributed by atoms with E-state index in [-0.39, 0.29) is 5.82 Å². The molecule has 1 fully saturated rings. The fourth-order valence-electron chi connectivity index (χ4n) is 3.66. The molecule has 1 heterocycles. The molecule has 0 saturated carbocycles. The van der Waals surface area contributed by atoms with Crippen LogP contribution in [0.2, 0.25) is 0 Å². The number of benzene rings is 2. The number of hydrogen-bond donors (Lipinski definition) is 0. The summed E-state index contributed by atoms with van der Waals surface area (Å²) in [5.74, 6) is 1.08. The number of likely N-dealkylation sites (tertiary alicyclic amines) is 1. The predicted octanol–water partition coefficient (Wildman–Crippen LogP) is 4.84. The predicted molar refractivity (Wildman–Crippen MR) is 89.3 cm³/mol. The number of piperidine rings is 1. The van der Waals surface area contributed by atoms with Crippen LogP contribution in [0.5, 0.6) is 0 Å². The van der Waals surface area contributed by atoms with Gasteiger partial charge in [-0.3, -0.25) is 4.90 Å². The van der Waals surface area contributed by atoms with Gasteiger partial charge in [-0.05, 0) is 48.1 Å². The Morgan fingerprint density at radius 2 is 1.77 bits per heavy atom. The minimum atomic E-state index is -0.140. The van der Waals surface area contributed by atoms with Gasteiger partial charge in [-0.2, -0.15) is 0 Å². The van der Waals surface area contributed by atoms with Crippen LogP contribution in [0.4, 0.5) is 4.39 Å². The van der Waals surface area contributed by atoms with Crippen molar-refractivity contribution in [1.82, 2.24) is 4.90 Å². The van der Waals surface area contributed by atoms with E-state index in [1.54, 1.807) is 12.1 Å². The molecule has 2 aromatic rings. The molecule has 2 aromatic carbocycles. The average molecular weight is 297 g/mol. The smallest absolute Gasteiger partial charge is 0.123 e. The molecule has 2 atom stereocenters. The quantitative estimate of drug-likeness (QED) is 0.780. The second-order valence-corrected chi connectivity index (χ2v) is 6.34. The molecule has 0 amide bonds. The second kappa shape index (κ2) is 7.06. The normalized spacial score (nSPS) is 22.6. The molecule has 2 unspecified atom stereocenters. The van der Waals surface area contributed by atoms with Crippen LogP contribution in [0.3, 0.4) is 0 Å². The standard InChI is InChI=1S/C20H24FN/c1-2-17-15-22(14-16-6-4-3-5-7-16)13-12-20(17)18-8-10-19(21)11-9-18/h3-11,17,20H,2,12-15H2,1H3. The van der Waals surface area contributed by atoms with Crippen LogP contribution in [0, 0.1) is 11.7 Å². The largest absolute Gasteiger partial charge is 0.299 e. The van der Waals surface area contributed by atoms with Crippen LogP contribution in [0.25, 0.3) is 0 Å². The summed E-state index contributed by atoms with van der Waals surface area (Å²) in [5.41, 5.74) is 2.69. The van der Waals surface area contributed by atoms with Gasteiger partial charge in [-0.25, -0.2) is 4.39 Å². The third-order valence-electron chi connectivity index (χ3n) is 4.89. The van der Waals surface area contributed by atoms with Gasteiger partial charge in [-0.1, -0.05) is 55.8 Å². The van der Waals surface area contributed by atoms with Crippen LogP contribution >= 0.6 is 0 Å². The lowest BCUT2D eigenvalue weighted by Crippen LogP contribution is -2.38. The Hall–Kier alpha value is -1.67. The zero-order valence-electron chi connectivity index (χ0n) is 13.2. The Morgan fingerprint density at radius 1 is 1.05 bits per heavy atom. The Kier molecular flexibility index (Phi) is 4.89. The van der Waals surface area contributed by atoms with Gasteiger partial charge in [0.05, 0.1) is 0 Å². The van der Waals surface area contributed by atoms with E-state index in [2.05, 4.69) is 42.2 Å². The molecule has 116 valence electrons. The molecule has 22 heavy (non-hydrogen) atoms. The van der Waals surface area contributed by atoms with Gasteiger partial charge in [0, 0.05) is 13.1 Å². The minimum Gasteiger partial charge on any atom is -0.299 e. The lowest BCUT2D eigenvalue weighted by Gasteiger charge is -2.38. The van der Waals surface area contributed by atoms with E-state index < -0.39 is 0 Å². The molecule has 0 bridgehead atoms. The van der Waals surface area contributed by atoms with Crippen molar-refractivity contribution in [1.29, 1.82) is 0 Å². The van der Waals surface area contributed by atoms with Crippen molar-refractivity contribution >= 4 is 0 Å². The summed E-state index contributed by atoms with van der Waals surface area (Å²) in [6.07, 6.45) is 2.34. The van der Waals surface area contributed by atoms with E-state index in [9.17, 15) is 4.39 Å². The lowest BCUT2D eigenvalue weighted by molar-refractivity contribution is 0.143. The summed E-state index contributed by atoms with van der Waals surface area (Å²) in [6, 6.07) is 17.8. The summed E-state index contributed by atoms with van der Waals surface area (Å²) in [5, 5.41) is 0. The first-order valence-electron chi connectivity index (χ1n) is 8.28. The van der Waals surface area contributed by atoms with E-state index in [1.165, 1.54) is 17.5 Å². The Morgan fingerprint density at radius 3 is 2.45 bits per heavy atom.